The van der Waals surface area contributed by atoms with Gasteiger partial charge in [-0.3, -0.25) is 14.9 Å². The number of nitrogens with zero attached hydrogens (tertiary/aromatic N) is 2. The Morgan fingerprint density at radius 3 is 2.74 bits per heavy atom. The van der Waals surface area contributed by atoms with Gasteiger partial charge < -0.3 is 9.64 Å². The van der Waals surface area contributed by atoms with Gasteiger partial charge >= 0.3 is 0 Å². The topological polar surface area (TPSA) is 72.7 Å². The van der Waals surface area contributed by atoms with Gasteiger partial charge in [-0.15, -0.1) is 0 Å². The van der Waals surface area contributed by atoms with E-state index in [0.717, 1.165) is 5.56 Å². The summed E-state index contributed by atoms with van der Waals surface area (Å²) in [5, 5.41) is 14.8. The van der Waals surface area contributed by atoms with Crippen LogP contribution in [-0.4, -0.2) is 36.0 Å². The highest BCUT2D eigenvalue weighted by Crippen LogP contribution is 2.20. The van der Waals surface area contributed by atoms with Crippen LogP contribution in [0.1, 0.15) is 21.5 Å². The third-order valence-electron chi connectivity index (χ3n) is 3.45. The van der Waals surface area contributed by atoms with Crippen molar-refractivity contribution in [3.05, 3.63) is 61.8 Å². The number of thiophene rings is 1. The maximum Gasteiger partial charge on any atom is 0.272 e. The number of nitro groups is 1. The first-order valence-electron chi connectivity index (χ1n) is 7.07. The minimum Gasteiger partial charge on any atom is -0.383 e. The molecule has 0 unspecified atom stereocenters. The summed E-state index contributed by atoms with van der Waals surface area (Å²) in [6, 6.07) is 6.41. The number of nitro benzene ring substituents is 1. The van der Waals surface area contributed by atoms with Crippen molar-refractivity contribution in [1.29, 1.82) is 0 Å². The minimum absolute atomic E-state index is 0.0165. The zero-order valence-corrected chi connectivity index (χ0v) is 13.8. The van der Waals surface area contributed by atoms with Crippen molar-refractivity contribution in [3.63, 3.8) is 0 Å². The molecular weight excluding hydrogens is 316 g/mol. The highest BCUT2D eigenvalue weighted by molar-refractivity contribution is 7.07. The van der Waals surface area contributed by atoms with E-state index >= 15 is 0 Å². The van der Waals surface area contributed by atoms with Gasteiger partial charge in [-0.25, -0.2) is 0 Å². The SMILES string of the molecule is COCCN(Cc1ccsc1)C(=O)c1ccc([N+](=O)[O-])c(C)c1. The summed E-state index contributed by atoms with van der Waals surface area (Å²) in [6.45, 7) is 3.01. The Morgan fingerprint density at radius 2 is 2.17 bits per heavy atom. The summed E-state index contributed by atoms with van der Waals surface area (Å²) in [5.41, 5.74) is 1.99. The quantitative estimate of drug-likeness (QED) is 0.575. The van der Waals surface area contributed by atoms with Crippen LogP contribution < -0.4 is 0 Å². The molecule has 0 aliphatic rings. The average molecular weight is 334 g/mol. The molecule has 0 aliphatic heterocycles. The first-order valence-corrected chi connectivity index (χ1v) is 8.01. The molecule has 1 heterocycles. The van der Waals surface area contributed by atoms with E-state index in [9.17, 15) is 14.9 Å². The number of ether oxygens (including phenoxy) is 1. The fourth-order valence-corrected chi connectivity index (χ4v) is 2.89. The molecule has 0 fully saturated rings. The first-order chi connectivity index (χ1) is 11.0. The van der Waals surface area contributed by atoms with Crippen molar-refractivity contribution in [1.82, 2.24) is 4.90 Å². The molecule has 122 valence electrons. The van der Waals surface area contributed by atoms with Gasteiger partial charge in [0.05, 0.1) is 11.5 Å². The predicted octanol–water partition coefficient (Wildman–Crippen LogP) is 3.25. The molecule has 7 heteroatoms. The molecule has 6 nitrogen and oxygen atoms in total. The van der Waals surface area contributed by atoms with Crippen LogP contribution in [0.15, 0.2) is 35.0 Å². The standard InChI is InChI=1S/C16H18N2O4S/c1-12-9-14(3-4-15(12)18(20)21)16(19)17(6-7-22-2)10-13-5-8-23-11-13/h3-5,8-9,11H,6-7,10H2,1-2H3. The summed E-state index contributed by atoms with van der Waals surface area (Å²) in [5.74, 6) is -0.161. The van der Waals surface area contributed by atoms with E-state index in [-0.39, 0.29) is 11.6 Å². The molecule has 0 radical (unpaired) electrons. The van der Waals surface area contributed by atoms with Crippen LogP contribution in [-0.2, 0) is 11.3 Å². The van der Waals surface area contributed by atoms with Crippen LogP contribution in [0.4, 0.5) is 5.69 Å². The molecule has 0 saturated heterocycles. The second kappa shape index (κ2) is 7.85. The van der Waals surface area contributed by atoms with E-state index < -0.39 is 4.92 Å². The van der Waals surface area contributed by atoms with Crippen molar-refractivity contribution in [2.75, 3.05) is 20.3 Å². The number of hydrogen-bond donors (Lipinski definition) is 0. The molecule has 1 aromatic carbocycles. The molecule has 0 N–H and O–H groups in total. The Kier molecular flexibility index (Phi) is 5.84. The molecule has 2 rings (SSSR count). The van der Waals surface area contributed by atoms with Crippen LogP contribution in [0.25, 0.3) is 0 Å². The number of amides is 1. The van der Waals surface area contributed by atoms with E-state index in [2.05, 4.69) is 0 Å². The van der Waals surface area contributed by atoms with Gasteiger partial charge in [-0.2, -0.15) is 11.3 Å². The van der Waals surface area contributed by atoms with Crippen molar-refractivity contribution in [3.8, 4) is 0 Å². The van der Waals surface area contributed by atoms with E-state index in [1.165, 1.54) is 12.1 Å². The lowest BCUT2D eigenvalue weighted by Gasteiger charge is -2.22. The number of rotatable bonds is 7. The Labute approximate surface area is 138 Å². The lowest BCUT2D eigenvalue weighted by molar-refractivity contribution is -0.385. The van der Waals surface area contributed by atoms with E-state index in [1.807, 2.05) is 16.8 Å². The number of benzene rings is 1. The average Bonchev–Trinajstić information content (AvgIpc) is 3.03. The predicted molar refractivity (Wildman–Crippen MR) is 88.8 cm³/mol. The fraction of sp³-hybridized carbons (Fsp3) is 0.312. The molecular formula is C16H18N2O4S. The minimum atomic E-state index is -0.447. The smallest absolute Gasteiger partial charge is 0.272 e. The van der Waals surface area contributed by atoms with Crippen molar-refractivity contribution >= 4 is 22.9 Å². The highest BCUT2D eigenvalue weighted by atomic mass is 32.1. The summed E-state index contributed by atoms with van der Waals surface area (Å²) < 4.78 is 5.07. The molecule has 0 spiro atoms. The van der Waals surface area contributed by atoms with Crippen LogP contribution in [0, 0.1) is 17.0 Å². The Bertz CT molecular complexity index is 685. The zero-order chi connectivity index (χ0) is 16.8. The van der Waals surface area contributed by atoms with Crippen LogP contribution >= 0.6 is 11.3 Å². The lowest BCUT2D eigenvalue weighted by Crippen LogP contribution is -2.33. The Balaban J connectivity index is 2.22. The number of methoxy groups -OCH3 is 1. The monoisotopic (exact) mass is 334 g/mol. The Morgan fingerprint density at radius 1 is 1.39 bits per heavy atom. The third kappa shape index (κ3) is 4.37. The van der Waals surface area contributed by atoms with Gasteiger partial charge in [-0.05, 0) is 41.4 Å². The Hall–Kier alpha value is -2.25. The maximum absolute atomic E-state index is 12.7. The summed E-state index contributed by atoms with van der Waals surface area (Å²) >= 11 is 1.58. The van der Waals surface area contributed by atoms with Crippen LogP contribution in [0.2, 0.25) is 0 Å². The lowest BCUT2D eigenvalue weighted by atomic mass is 10.1. The molecule has 1 amide bonds. The molecule has 0 saturated carbocycles. The van der Waals surface area contributed by atoms with Crippen molar-refractivity contribution in [2.45, 2.75) is 13.5 Å². The summed E-state index contributed by atoms with van der Waals surface area (Å²) in [4.78, 5) is 24.8. The normalized spacial score (nSPS) is 10.5. The molecule has 1 aromatic heterocycles. The first kappa shape index (κ1) is 17.1. The number of carbonyl (C=O) groups excluding carboxylic acids is 1. The van der Waals surface area contributed by atoms with E-state index in [1.54, 1.807) is 36.3 Å². The van der Waals surface area contributed by atoms with Crippen molar-refractivity contribution in [2.24, 2.45) is 0 Å². The van der Waals surface area contributed by atoms with Crippen molar-refractivity contribution < 1.29 is 14.5 Å². The number of carbonyl (C=O) groups is 1. The second-order valence-electron chi connectivity index (χ2n) is 5.11. The van der Waals surface area contributed by atoms with Gasteiger partial charge in [0.2, 0.25) is 0 Å². The number of aryl methyl sites for hydroxylation is 1. The van der Waals surface area contributed by atoms with Crippen LogP contribution in [0.3, 0.4) is 0 Å². The number of hydrogen-bond acceptors (Lipinski definition) is 5. The largest absolute Gasteiger partial charge is 0.383 e. The van der Waals surface area contributed by atoms with Gasteiger partial charge in [0.1, 0.15) is 0 Å². The van der Waals surface area contributed by atoms with Gasteiger partial charge in [-0.1, -0.05) is 0 Å². The van der Waals surface area contributed by atoms with Crippen LogP contribution in [0.5, 0.6) is 0 Å². The second-order valence-corrected chi connectivity index (χ2v) is 5.89. The van der Waals surface area contributed by atoms with Gasteiger partial charge in [0.25, 0.3) is 11.6 Å². The van der Waals surface area contributed by atoms with Gasteiger partial charge in [0, 0.05) is 37.4 Å². The van der Waals surface area contributed by atoms with E-state index in [0.29, 0.717) is 30.8 Å². The molecule has 0 atom stereocenters. The molecule has 0 aliphatic carbocycles. The fourth-order valence-electron chi connectivity index (χ4n) is 2.23. The van der Waals surface area contributed by atoms with Gasteiger partial charge in [0.15, 0.2) is 0 Å². The molecule has 0 bridgehead atoms. The summed E-state index contributed by atoms with van der Waals surface area (Å²) in [7, 11) is 1.59. The summed E-state index contributed by atoms with van der Waals surface area (Å²) in [6.07, 6.45) is 0. The molecule has 2 aromatic rings. The maximum atomic E-state index is 12.7. The third-order valence-corrected chi connectivity index (χ3v) is 4.18. The zero-order valence-electron chi connectivity index (χ0n) is 13.0. The highest BCUT2D eigenvalue weighted by Gasteiger charge is 2.19. The molecule has 23 heavy (non-hydrogen) atoms. The van der Waals surface area contributed by atoms with E-state index in [4.69, 9.17) is 4.74 Å².